The number of hydrogen-bond donors (Lipinski definition) is 2. The van der Waals surface area contributed by atoms with E-state index in [1.165, 1.54) is 4.90 Å². The van der Waals surface area contributed by atoms with Crippen LogP contribution in [0.1, 0.15) is 29.9 Å². The summed E-state index contributed by atoms with van der Waals surface area (Å²) >= 11 is 1.74. The molecule has 23 heavy (non-hydrogen) atoms. The first-order valence-electron chi connectivity index (χ1n) is 7.78. The first kappa shape index (κ1) is 17.6. The van der Waals surface area contributed by atoms with Crippen molar-refractivity contribution in [3.05, 3.63) is 47.3 Å². The van der Waals surface area contributed by atoms with Gasteiger partial charge in [-0.15, -0.1) is 11.8 Å². The quantitative estimate of drug-likeness (QED) is 0.764. The Morgan fingerprint density at radius 2 is 2.04 bits per heavy atom. The van der Waals surface area contributed by atoms with Crippen molar-refractivity contribution in [2.45, 2.75) is 31.7 Å². The smallest absolute Gasteiger partial charge is 0.244 e. The number of aromatic nitrogens is 2. The van der Waals surface area contributed by atoms with E-state index in [1.807, 2.05) is 43.9 Å². The number of carbonyl (C=O) groups is 1. The number of aromatic amines is 1. The third kappa shape index (κ3) is 4.36. The number of hydrogen-bond acceptors (Lipinski definition) is 4. The van der Waals surface area contributed by atoms with E-state index < -0.39 is 6.04 Å². The molecule has 6 heteroatoms. The Morgan fingerprint density at radius 3 is 2.61 bits per heavy atom. The second-order valence-electron chi connectivity index (χ2n) is 5.40. The molecule has 5 nitrogen and oxygen atoms in total. The Balaban J connectivity index is 1.95. The van der Waals surface area contributed by atoms with Gasteiger partial charge in [0, 0.05) is 35.0 Å². The third-order valence-electron chi connectivity index (χ3n) is 3.83. The van der Waals surface area contributed by atoms with E-state index >= 15 is 0 Å². The number of nitrogens with two attached hydrogens (primary N) is 1. The topological polar surface area (TPSA) is 75.0 Å². The van der Waals surface area contributed by atoms with E-state index in [0.29, 0.717) is 13.1 Å². The Hall–Kier alpha value is -1.79. The third-order valence-corrected chi connectivity index (χ3v) is 4.82. The lowest BCUT2D eigenvalue weighted by Gasteiger charge is -2.24. The van der Waals surface area contributed by atoms with Gasteiger partial charge in [-0.25, -0.2) is 0 Å². The van der Waals surface area contributed by atoms with Crippen molar-refractivity contribution in [1.29, 1.82) is 0 Å². The van der Waals surface area contributed by atoms with E-state index in [4.69, 9.17) is 5.73 Å². The van der Waals surface area contributed by atoms with Gasteiger partial charge in [-0.05, 0) is 32.9 Å². The molecule has 0 unspecified atom stereocenters. The average Bonchev–Trinajstić information content (AvgIpc) is 2.90. The molecule has 1 atom stereocenters. The first-order chi connectivity index (χ1) is 11.0. The molecule has 0 bridgehead atoms. The molecule has 0 radical (unpaired) electrons. The molecule has 2 rings (SSSR count). The van der Waals surface area contributed by atoms with Gasteiger partial charge in [-0.3, -0.25) is 9.89 Å². The largest absolute Gasteiger partial charge is 0.340 e. The predicted molar refractivity (Wildman–Crippen MR) is 94.4 cm³/mol. The molecule has 0 saturated heterocycles. The number of nitrogens with one attached hydrogen (secondary N) is 1. The molecule has 0 saturated carbocycles. The van der Waals surface area contributed by atoms with Gasteiger partial charge >= 0.3 is 0 Å². The van der Waals surface area contributed by atoms with Gasteiger partial charge in [0.25, 0.3) is 0 Å². The van der Waals surface area contributed by atoms with Gasteiger partial charge < -0.3 is 10.6 Å². The summed E-state index contributed by atoms with van der Waals surface area (Å²) in [5.74, 6) is 0.799. The van der Waals surface area contributed by atoms with Crippen molar-refractivity contribution in [2.75, 3.05) is 18.8 Å². The fourth-order valence-electron chi connectivity index (χ4n) is 2.55. The fraction of sp³-hybridized carbons (Fsp3) is 0.412. The summed E-state index contributed by atoms with van der Waals surface area (Å²) in [4.78, 5) is 15.7. The molecule has 124 valence electrons. The van der Waals surface area contributed by atoms with Crippen LogP contribution in [0.25, 0.3) is 0 Å². The number of H-pyrrole nitrogens is 1. The van der Waals surface area contributed by atoms with Crippen LogP contribution in [0.3, 0.4) is 0 Å². The highest BCUT2D eigenvalue weighted by atomic mass is 32.2. The molecule has 2 aromatic rings. The summed E-state index contributed by atoms with van der Waals surface area (Å²) in [5, 5.41) is 7.02. The molecule has 0 fully saturated rings. The summed E-state index contributed by atoms with van der Waals surface area (Å²) in [6, 6.07) is 9.53. The van der Waals surface area contributed by atoms with Crippen molar-refractivity contribution < 1.29 is 4.79 Å². The molecule has 0 aliphatic rings. The minimum Gasteiger partial charge on any atom is -0.340 e. The number of rotatable bonds is 7. The maximum atomic E-state index is 12.7. The Labute approximate surface area is 141 Å². The molecule has 1 amide bonds. The lowest BCUT2D eigenvalue weighted by molar-refractivity contribution is -0.132. The van der Waals surface area contributed by atoms with Crippen molar-refractivity contribution >= 4 is 17.7 Å². The van der Waals surface area contributed by atoms with Crippen LogP contribution in [-0.4, -0.2) is 39.8 Å². The van der Waals surface area contributed by atoms with E-state index in [0.717, 1.165) is 22.7 Å². The van der Waals surface area contributed by atoms with Gasteiger partial charge in [-0.2, -0.15) is 5.10 Å². The summed E-state index contributed by atoms with van der Waals surface area (Å²) < 4.78 is 0. The molecular formula is C17H24N4OS. The Morgan fingerprint density at radius 1 is 1.35 bits per heavy atom. The number of carbonyl (C=O) groups excluding carboxylic acids is 1. The normalized spacial score (nSPS) is 12.2. The summed E-state index contributed by atoms with van der Waals surface area (Å²) in [6.07, 6.45) is 0. The van der Waals surface area contributed by atoms with Crippen LogP contribution in [0.4, 0.5) is 0 Å². The summed E-state index contributed by atoms with van der Waals surface area (Å²) in [6.45, 7) is 7.07. The van der Waals surface area contributed by atoms with Gasteiger partial charge in [0.1, 0.15) is 6.04 Å². The van der Waals surface area contributed by atoms with Gasteiger partial charge in [-0.1, -0.05) is 18.2 Å². The van der Waals surface area contributed by atoms with Gasteiger partial charge in [0.2, 0.25) is 5.91 Å². The van der Waals surface area contributed by atoms with Gasteiger partial charge in [0.15, 0.2) is 0 Å². The van der Waals surface area contributed by atoms with Crippen molar-refractivity contribution in [1.82, 2.24) is 15.1 Å². The SMILES string of the molecule is CCN(CCSc1ccccc1)C(=O)[C@@H](N)c1c(C)n[nH]c1C. The van der Waals surface area contributed by atoms with Crippen LogP contribution in [0.2, 0.25) is 0 Å². The van der Waals surface area contributed by atoms with E-state index in [2.05, 4.69) is 22.3 Å². The van der Waals surface area contributed by atoms with Crippen molar-refractivity contribution in [3.63, 3.8) is 0 Å². The van der Waals surface area contributed by atoms with Crippen molar-refractivity contribution in [2.24, 2.45) is 5.73 Å². The molecule has 3 N–H and O–H groups in total. The number of likely N-dealkylation sites (N-methyl/N-ethyl adjacent to an activating group) is 1. The maximum Gasteiger partial charge on any atom is 0.244 e. The summed E-state index contributed by atoms with van der Waals surface area (Å²) in [5.41, 5.74) is 8.64. The highest BCUT2D eigenvalue weighted by Gasteiger charge is 2.25. The van der Waals surface area contributed by atoms with Gasteiger partial charge in [0.05, 0.1) is 5.69 Å². The standard InChI is InChI=1S/C17H24N4OS/c1-4-21(10-11-23-14-8-6-5-7-9-14)17(22)16(18)15-12(2)19-20-13(15)3/h5-9,16H,4,10-11,18H2,1-3H3,(H,19,20)/t16-/m0/s1. The van der Waals surface area contributed by atoms with Crippen LogP contribution in [0.5, 0.6) is 0 Å². The number of nitrogens with zero attached hydrogens (tertiary/aromatic N) is 2. The number of benzene rings is 1. The van der Waals surface area contributed by atoms with E-state index in [-0.39, 0.29) is 5.91 Å². The molecule has 1 aromatic heterocycles. The molecule has 0 aliphatic carbocycles. The number of thioether (sulfide) groups is 1. The van der Waals surface area contributed by atoms with Crippen LogP contribution >= 0.6 is 11.8 Å². The van der Waals surface area contributed by atoms with E-state index in [9.17, 15) is 4.79 Å². The minimum atomic E-state index is -0.657. The maximum absolute atomic E-state index is 12.7. The second-order valence-corrected chi connectivity index (χ2v) is 6.57. The monoisotopic (exact) mass is 332 g/mol. The predicted octanol–water partition coefficient (Wildman–Crippen LogP) is 2.67. The summed E-state index contributed by atoms with van der Waals surface area (Å²) in [7, 11) is 0. The molecular weight excluding hydrogens is 308 g/mol. The zero-order chi connectivity index (χ0) is 16.8. The number of aryl methyl sites for hydroxylation is 2. The average molecular weight is 332 g/mol. The first-order valence-corrected chi connectivity index (χ1v) is 8.76. The molecule has 0 aliphatic heterocycles. The Bertz CT molecular complexity index is 622. The van der Waals surface area contributed by atoms with Crippen LogP contribution in [0.15, 0.2) is 35.2 Å². The highest BCUT2D eigenvalue weighted by molar-refractivity contribution is 7.99. The fourth-order valence-corrected chi connectivity index (χ4v) is 3.45. The Kier molecular flexibility index (Phi) is 6.24. The zero-order valence-electron chi connectivity index (χ0n) is 13.9. The lowest BCUT2D eigenvalue weighted by atomic mass is 10.0. The number of amides is 1. The van der Waals surface area contributed by atoms with Crippen LogP contribution in [0, 0.1) is 13.8 Å². The zero-order valence-corrected chi connectivity index (χ0v) is 14.7. The minimum absolute atomic E-state index is 0.0474. The van der Waals surface area contributed by atoms with Crippen LogP contribution < -0.4 is 5.73 Å². The second kappa shape index (κ2) is 8.17. The molecule has 0 spiro atoms. The highest BCUT2D eigenvalue weighted by Crippen LogP contribution is 2.21. The lowest BCUT2D eigenvalue weighted by Crippen LogP contribution is -2.40. The van der Waals surface area contributed by atoms with Crippen molar-refractivity contribution in [3.8, 4) is 0 Å². The van der Waals surface area contributed by atoms with Crippen LogP contribution in [-0.2, 0) is 4.79 Å². The van der Waals surface area contributed by atoms with E-state index in [1.54, 1.807) is 11.8 Å². The molecule has 1 aromatic carbocycles. The molecule has 1 heterocycles.